The van der Waals surface area contributed by atoms with Gasteiger partial charge in [-0.3, -0.25) is 4.79 Å². The van der Waals surface area contributed by atoms with Crippen LogP contribution < -0.4 is 9.47 Å². The van der Waals surface area contributed by atoms with Gasteiger partial charge in [-0.2, -0.15) is 0 Å². The second kappa shape index (κ2) is 12.7. The Bertz CT molecular complexity index is 768. The van der Waals surface area contributed by atoms with E-state index < -0.39 is 0 Å². The molecule has 0 aromatic heterocycles. The summed E-state index contributed by atoms with van der Waals surface area (Å²) in [5.74, 6) is 0.549. The van der Waals surface area contributed by atoms with Crippen molar-refractivity contribution in [3.05, 3.63) is 60.2 Å². The summed E-state index contributed by atoms with van der Waals surface area (Å²) in [4.78, 5) is 22.2. The van der Waals surface area contributed by atoms with Crippen LogP contribution in [0.2, 0.25) is 0 Å². The number of hydrogen-bond donors (Lipinski definition) is 0. The average Bonchev–Trinajstić information content (AvgIpc) is 2.61. The van der Waals surface area contributed by atoms with Gasteiger partial charge in [0.1, 0.15) is 22.7 Å². The van der Waals surface area contributed by atoms with Crippen molar-refractivity contribution in [3.8, 4) is 11.5 Å². The summed E-state index contributed by atoms with van der Waals surface area (Å²) in [5.41, 5.74) is -0.0943. The quantitative estimate of drug-likeness (QED) is 0.424. The van der Waals surface area contributed by atoms with Gasteiger partial charge < -0.3 is 14.2 Å². The number of rotatable bonds is 3. The lowest BCUT2D eigenvalue weighted by atomic mass is 10.2. The number of benzene rings is 2. The summed E-state index contributed by atoms with van der Waals surface area (Å²) >= 11 is 0. The third-order valence-corrected chi connectivity index (χ3v) is 2.90. The van der Waals surface area contributed by atoms with Gasteiger partial charge in [0.15, 0.2) is 0 Å². The molecule has 0 radical (unpaired) electrons. The molecular formula is C25H36O5. The first-order valence-electron chi connectivity index (χ1n) is 10.1. The fraction of sp³-hybridized carbons (Fsp3) is 0.440. The Morgan fingerprint density at radius 1 is 0.733 bits per heavy atom. The molecule has 0 aliphatic carbocycles. The van der Waals surface area contributed by atoms with E-state index in [2.05, 4.69) is 0 Å². The summed E-state index contributed by atoms with van der Waals surface area (Å²) in [7, 11) is 0. The monoisotopic (exact) mass is 416 g/mol. The molecule has 166 valence electrons. The van der Waals surface area contributed by atoms with Crippen molar-refractivity contribution in [2.45, 2.75) is 73.5 Å². The van der Waals surface area contributed by atoms with E-state index in [1.165, 1.54) is 6.92 Å². The predicted octanol–water partition coefficient (Wildman–Crippen LogP) is 6.46. The second-order valence-corrected chi connectivity index (χ2v) is 8.15. The van der Waals surface area contributed by atoms with Gasteiger partial charge in [0.05, 0.1) is 5.56 Å². The van der Waals surface area contributed by atoms with Crippen LogP contribution in [-0.2, 0) is 9.53 Å². The van der Waals surface area contributed by atoms with Crippen molar-refractivity contribution >= 4 is 11.9 Å². The number of hydrogen-bond acceptors (Lipinski definition) is 5. The Morgan fingerprint density at radius 3 is 1.70 bits per heavy atom. The Hall–Kier alpha value is -2.82. The Labute approximate surface area is 181 Å². The van der Waals surface area contributed by atoms with Crippen molar-refractivity contribution in [1.29, 1.82) is 0 Å². The van der Waals surface area contributed by atoms with Crippen LogP contribution >= 0.6 is 0 Å². The van der Waals surface area contributed by atoms with Gasteiger partial charge in [-0.1, -0.05) is 38.1 Å². The van der Waals surface area contributed by atoms with E-state index in [0.29, 0.717) is 17.1 Å². The minimum Gasteiger partial charge on any atom is -0.488 e. The molecule has 5 nitrogen and oxygen atoms in total. The molecule has 0 heterocycles. The number of carbonyl (C=O) groups excluding carboxylic acids is 2. The fourth-order valence-corrected chi connectivity index (χ4v) is 2.13. The average molecular weight is 417 g/mol. The molecule has 0 N–H and O–H groups in total. The van der Waals surface area contributed by atoms with Crippen LogP contribution in [0.5, 0.6) is 11.5 Å². The van der Waals surface area contributed by atoms with E-state index in [0.717, 1.165) is 0 Å². The molecule has 2 aromatic carbocycles. The van der Waals surface area contributed by atoms with Gasteiger partial charge in [-0.05, 0) is 65.8 Å². The van der Waals surface area contributed by atoms with Crippen LogP contribution in [0.3, 0.4) is 0 Å². The summed E-state index contributed by atoms with van der Waals surface area (Å²) < 4.78 is 15.9. The molecule has 5 heteroatoms. The zero-order valence-corrected chi connectivity index (χ0v) is 19.7. The third-order valence-electron chi connectivity index (χ3n) is 2.90. The largest absolute Gasteiger partial charge is 0.488 e. The summed E-state index contributed by atoms with van der Waals surface area (Å²) in [6.07, 6.45) is 0. The van der Waals surface area contributed by atoms with Crippen LogP contribution in [0.1, 0.15) is 72.7 Å². The van der Waals surface area contributed by atoms with E-state index in [-0.39, 0.29) is 23.1 Å². The summed E-state index contributed by atoms with van der Waals surface area (Å²) in [5, 5.41) is 0. The zero-order valence-electron chi connectivity index (χ0n) is 19.7. The van der Waals surface area contributed by atoms with Crippen LogP contribution in [0.25, 0.3) is 0 Å². The van der Waals surface area contributed by atoms with Crippen molar-refractivity contribution < 1.29 is 23.8 Å². The molecule has 0 aliphatic rings. The first-order chi connectivity index (χ1) is 13.9. The van der Waals surface area contributed by atoms with Gasteiger partial charge in [-0.25, -0.2) is 4.79 Å². The van der Waals surface area contributed by atoms with Crippen molar-refractivity contribution in [3.63, 3.8) is 0 Å². The second-order valence-electron chi connectivity index (χ2n) is 8.15. The highest BCUT2D eigenvalue weighted by Crippen LogP contribution is 2.23. The molecule has 2 rings (SSSR count). The molecule has 0 bridgehead atoms. The standard InChI is InChI=1S/C17H18O3.C6H12O2.C2H6/c1-17(2,3)20-15-11-7-10-14(12-15)19-16(18)13-8-5-4-6-9-13;1-5(7)8-6(2,3)4;1-2/h4-12H,1-3H3;1-4H3;1-2H3. The predicted molar refractivity (Wildman–Crippen MR) is 121 cm³/mol. The molecular weight excluding hydrogens is 380 g/mol. The fourth-order valence-electron chi connectivity index (χ4n) is 2.13. The lowest BCUT2D eigenvalue weighted by Gasteiger charge is -2.21. The zero-order chi connectivity index (χ0) is 23.4. The maximum atomic E-state index is 11.9. The van der Waals surface area contributed by atoms with Crippen molar-refractivity contribution in [2.24, 2.45) is 0 Å². The van der Waals surface area contributed by atoms with Crippen molar-refractivity contribution in [1.82, 2.24) is 0 Å². The number of ether oxygens (including phenoxy) is 3. The maximum Gasteiger partial charge on any atom is 0.343 e. The molecule has 0 spiro atoms. The Kier molecular flexibility index (Phi) is 11.5. The minimum absolute atomic E-state index is 0.225. The van der Waals surface area contributed by atoms with E-state index in [4.69, 9.17) is 14.2 Å². The SMILES string of the molecule is CC.CC(=O)OC(C)(C)C.CC(C)(C)Oc1cccc(OC(=O)c2ccccc2)c1. The maximum absolute atomic E-state index is 11.9. The minimum atomic E-state index is -0.376. The third kappa shape index (κ3) is 13.4. The van der Waals surface area contributed by atoms with Crippen LogP contribution in [0.4, 0.5) is 0 Å². The molecule has 0 amide bonds. The van der Waals surface area contributed by atoms with Gasteiger partial charge >= 0.3 is 11.9 Å². The normalized spacial score (nSPS) is 10.4. The molecule has 0 saturated heterocycles. The molecule has 0 aliphatic heterocycles. The number of carbonyl (C=O) groups is 2. The van der Waals surface area contributed by atoms with Gasteiger partial charge in [0.25, 0.3) is 0 Å². The highest BCUT2D eigenvalue weighted by Gasteiger charge is 2.13. The van der Waals surface area contributed by atoms with Gasteiger partial charge in [0.2, 0.25) is 0 Å². The highest BCUT2D eigenvalue weighted by atomic mass is 16.6. The molecule has 0 fully saturated rings. The Balaban J connectivity index is 0.000000712. The van der Waals surface area contributed by atoms with E-state index in [1.807, 2.05) is 67.5 Å². The lowest BCUT2D eigenvalue weighted by molar-refractivity contribution is -0.151. The topological polar surface area (TPSA) is 61.8 Å². The highest BCUT2D eigenvalue weighted by molar-refractivity contribution is 5.90. The molecule has 0 saturated carbocycles. The van der Waals surface area contributed by atoms with Gasteiger partial charge in [0, 0.05) is 13.0 Å². The molecule has 30 heavy (non-hydrogen) atoms. The summed E-state index contributed by atoms with van der Waals surface area (Å²) in [6, 6.07) is 16.0. The first-order valence-corrected chi connectivity index (χ1v) is 10.1. The molecule has 0 atom stereocenters. The van der Waals surface area contributed by atoms with Crippen LogP contribution in [-0.4, -0.2) is 23.1 Å². The first kappa shape index (κ1) is 27.2. The van der Waals surface area contributed by atoms with E-state index in [9.17, 15) is 9.59 Å². The molecule has 0 unspecified atom stereocenters. The summed E-state index contributed by atoms with van der Waals surface area (Å²) in [6.45, 7) is 16.8. The molecule has 2 aromatic rings. The van der Waals surface area contributed by atoms with Crippen molar-refractivity contribution in [2.75, 3.05) is 0 Å². The van der Waals surface area contributed by atoms with Gasteiger partial charge in [-0.15, -0.1) is 0 Å². The van der Waals surface area contributed by atoms with E-state index in [1.54, 1.807) is 42.5 Å². The van der Waals surface area contributed by atoms with Crippen LogP contribution in [0, 0.1) is 0 Å². The van der Waals surface area contributed by atoms with Crippen LogP contribution in [0.15, 0.2) is 54.6 Å². The lowest BCUT2D eigenvalue weighted by Crippen LogP contribution is -2.22. The Morgan fingerprint density at radius 2 is 1.27 bits per heavy atom. The number of esters is 2. The van der Waals surface area contributed by atoms with E-state index >= 15 is 0 Å². The smallest absolute Gasteiger partial charge is 0.343 e.